The normalized spacial score (nSPS) is 15.3. The highest BCUT2D eigenvalue weighted by molar-refractivity contribution is 7.07. The van der Waals surface area contributed by atoms with E-state index in [1.807, 2.05) is 48.5 Å². The number of hydrogen-bond acceptors (Lipinski definition) is 7. The number of methoxy groups -OCH3 is 1. The fourth-order valence-electron chi connectivity index (χ4n) is 3.89. The topological polar surface area (TPSA) is 79.1 Å². The van der Waals surface area contributed by atoms with Gasteiger partial charge in [-0.2, -0.15) is 0 Å². The summed E-state index contributed by atoms with van der Waals surface area (Å²) in [5.41, 5.74) is 2.21. The van der Waals surface area contributed by atoms with Crippen molar-refractivity contribution in [1.82, 2.24) is 4.57 Å². The Balaban J connectivity index is 1.88. The van der Waals surface area contributed by atoms with Crippen LogP contribution in [0.3, 0.4) is 0 Å². The Morgan fingerprint density at radius 2 is 1.97 bits per heavy atom. The van der Waals surface area contributed by atoms with Gasteiger partial charge in [-0.05, 0) is 55.3 Å². The van der Waals surface area contributed by atoms with Gasteiger partial charge in [0.25, 0.3) is 5.56 Å². The van der Waals surface area contributed by atoms with Gasteiger partial charge in [-0.1, -0.05) is 48.3 Å². The SMILES string of the molecule is C=CCOc1ccc([C@H]2C(C(=O)OCC)=C(C)N=c3s/c(=C/c4cccc(OC)c4)c(=O)n32)cc1. The molecule has 3 aromatic rings. The van der Waals surface area contributed by atoms with Gasteiger partial charge >= 0.3 is 5.97 Å². The molecule has 180 valence electrons. The van der Waals surface area contributed by atoms with Crippen LogP contribution in [0.5, 0.6) is 11.5 Å². The zero-order valence-electron chi connectivity index (χ0n) is 19.8. The number of ether oxygens (including phenoxy) is 3. The van der Waals surface area contributed by atoms with Gasteiger partial charge in [-0.3, -0.25) is 9.36 Å². The molecule has 0 N–H and O–H groups in total. The van der Waals surface area contributed by atoms with E-state index in [-0.39, 0.29) is 12.2 Å². The molecule has 8 heteroatoms. The molecule has 1 aromatic heterocycles. The van der Waals surface area contributed by atoms with Crippen molar-refractivity contribution in [3.8, 4) is 11.5 Å². The van der Waals surface area contributed by atoms with Crippen molar-refractivity contribution in [3.05, 3.63) is 103 Å². The standard InChI is InChI=1S/C27H26N2O5S/c1-5-14-34-20-12-10-19(11-13-20)24-23(26(31)33-6-2)17(3)28-27-29(24)25(30)22(35-27)16-18-8-7-9-21(15-18)32-4/h5,7-13,15-16,24H,1,6,14H2,2-4H3/b22-16+/t24-/m0/s1. The number of benzene rings is 2. The van der Waals surface area contributed by atoms with Crippen molar-refractivity contribution in [3.63, 3.8) is 0 Å². The van der Waals surface area contributed by atoms with Gasteiger partial charge in [0.15, 0.2) is 4.80 Å². The van der Waals surface area contributed by atoms with Crippen molar-refractivity contribution in [2.24, 2.45) is 4.99 Å². The van der Waals surface area contributed by atoms with Crippen LogP contribution < -0.4 is 24.4 Å². The van der Waals surface area contributed by atoms with Crippen molar-refractivity contribution < 1.29 is 19.0 Å². The van der Waals surface area contributed by atoms with Crippen LogP contribution in [-0.4, -0.2) is 30.9 Å². The Hall–Kier alpha value is -3.91. The molecule has 7 nitrogen and oxygen atoms in total. The number of carbonyl (C=O) groups is 1. The largest absolute Gasteiger partial charge is 0.497 e. The lowest BCUT2D eigenvalue weighted by molar-refractivity contribution is -0.139. The molecule has 0 radical (unpaired) electrons. The zero-order valence-corrected chi connectivity index (χ0v) is 20.6. The van der Waals surface area contributed by atoms with Crippen LogP contribution in [-0.2, 0) is 9.53 Å². The summed E-state index contributed by atoms with van der Waals surface area (Å²) in [6.07, 6.45) is 3.47. The van der Waals surface area contributed by atoms with Crippen LogP contribution in [0.15, 0.2) is 82.2 Å². The smallest absolute Gasteiger partial charge is 0.338 e. The molecule has 0 spiro atoms. The minimum Gasteiger partial charge on any atom is -0.497 e. The molecule has 4 rings (SSSR count). The highest BCUT2D eigenvalue weighted by atomic mass is 32.1. The van der Waals surface area contributed by atoms with E-state index in [1.165, 1.54) is 11.3 Å². The van der Waals surface area contributed by atoms with Crippen LogP contribution >= 0.6 is 11.3 Å². The number of thiazole rings is 1. The quantitative estimate of drug-likeness (QED) is 0.357. The highest BCUT2D eigenvalue weighted by Crippen LogP contribution is 2.31. The number of aromatic nitrogens is 1. The molecule has 0 fully saturated rings. The van der Waals surface area contributed by atoms with Crippen molar-refractivity contribution in [1.29, 1.82) is 0 Å². The minimum atomic E-state index is -0.675. The van der Waals surface area contributed by atoms with E-state index in [1.54, 1.807) is 37.7 Å². The minimum absolute atomic E-state index is 0.219. The lowest BCUT2D eigenvalue weighted by Gasteiger charge is -2.24. The van der Waals surface area contributed by atoms with Crippen LogP contribution in [0, 0.1) is 0 Å². The first-order valence-electron chi connectivity index (χ1n) is 11.1. The van der Waals surface area contributed by atoms with Gasteiger partial charge in [-0.25, -0.2) is 9.79 Å². The van der Waals surface area contributed by atoms with Gasteiger partial charge in [0.2, 0.25) is 0 Å². The fourth-order valence-corrected chi connectivity index (χ4v) is 4.94. The van der Waals surface area contributed by atoms with Crippen molar-refractivity contribution >= 4 is 23.4 Å². The average molecular weight is 491 g/mol. The molecule has 35 heavy (non-hydrogen) atoms. The lowest BCUT2D eigenvalue weighted by atomic mass is 9.96. The summed E-state index contributed by atoms with van der Waals surface area (Å²) in [7, 11) is 1.60. The molecule has 1 atom stereocenters. The number of nitrogens with zero attached hydrogens (tertiary/aromatic N) is 2. The zero-order chi connectivity index (χ0) is 24.9. The molecule has 2 heterocycles. The van der Waals surface area contributed by atoms with E-state index in [9.17, 15) is 9.59 Å². The van der Waals surface area contributed by atoms with Gasteiger partial charge in [0.1, 0.15) is 18.1 Å². The summed E-state index contributed by atoms with van der Waals surface area (Å²) in [5.74, 6) is 0.869. The lowest BCUT2D eigenvalue weighted by Crippen LogP contribution is -2.39. The summed E-state index contributed by atoms with van der Waals surface area (Å²) in [6, 6.07) is 14.1. The summed E-state index contributed by atoms with van der Waals surface area (Å²) < 4.78 is 18.3. The Morgan fingerprint density at radius 3 is 2.66 bits per heavy atom. The summed E-state index contributed by atoms with van der Waals surface area (Å²) in [5, 5.41) is 0. The average Bonchev–Trinajstić information content (AvgIpc) is 3.16. The molecule has 1 aliphatic heterocycles. The number of carbonyl (C=O) groups excluding carboxylic acids is 1. The second-order valence-corrected chi connectivity index (χ2v) is 8.76. The van der Waals surface area contributed by atoms with Gasteiger partial charge in [-0.15, -0.1) is 0 Å². The Labute approximate surface area is 206 Å². The number of hydrogen-bond donors (Lipinski definition) is 0. The monoisotopic (exact) mass is 490 g/mol. The molecular weight excluding hydrogens is 464 g/mol. The predicted octanol–water partition coefficient (Wildman–Crippen LogP) is 3.37. The third-order valence-corrected chi connectivity index (χ3v) is 6.46. The summed E-state index contributed by atoms with van der Waals surface area (Å²) >= 11 is 1.28. The molecule has 0 saturated carbocycles. The molecular formula is C27H26N2O5S. The van der Waals surface area contributed by atoms with E-state index in [0.29, 0.717) is 38.7 Å². The third-order valence-electron chi connectivity index (χ3n) is 5.47. The Bertz CT molecular complexity index is 1460. The molecule has 0 unspecified atom stereocenters. The van der Waals surface area contributed by atoms with Gasteiger partial charge < -0.3 is 14.2 Å². The number of esters is 1. The van der Waals surface area contributed by atoms with Crippen LogP contribution in [0.1, 0.15) is 31.0 Å². The van der Waals surface area contributed by atoms with Crippen LogP contribution in [0.25, 0.3) is 6.08 Å². The molecule has 1 aliphatic rings. The summed E-state index contributed by atoms with van der Waals surface area (Å²) in [6.45, 7) is 7.77. The van der Waals surface area contributed by atoms with Crippen LogP contribution in [0.2, 0.25) is 0 Å². The van der Waals surface area contributed by atoms with E-state index in [4.69, 9.17) is 14.2 Å². The Morgan fingerprint density at radius 1 is 1.20 bits per heavy atom. The van der Waals surface area contributed by atoms with E-state index in [2.05, 4.69) is 11.6 Å². The van der Waals surface area contributed by atoms with Crippen LogP contribution in [0.4, 0.5) is 0 Å². The predicted molar refractivity (Wildman–Crippen MR) is 136 cm³/mol. The second kappa shape index (κ2) is 10.6. The number of allylic oxidation sites excluding steroid dienone is 1. The second-order valence-electron chi connectivity index (χ2n) is 7.75. The third kappa shape index (κ3) is 4.97. The number of fused-ring (bicyclic) bond motifs is 1. The first-order chi connectivity index (χ1) is 17.0. The maximum atomic E-state index is 13.6. The molecule has 2 aromatic carbocycles. The first kappa shape index (κ1) is 24.2. The van der Waals surface area contributed by atoms with Gasteiger partial charge in [0, 0.05) is 0 Å². The maximum Gasteiger partial charge on any atom is 0.338 e. The van der Waals surface area contributed by atoms with Crippen molar-refractivity contribution in [2.75, 3.05) is 20.3 Å². The van der Waals surface area contributed by atoms with E-state index < -0.39 is 12.0 Å². The molecule has 0 aliphatic carbocycles. The van der Waals surface area contributed by atoms with Gasteiger partial charge in [0.05, 0.1) is 35.6 Å². The van der Waals surface area contributed by atoms with E-state index >= 15 is 0 Å². The first-order valence-corrected chi connectivity index (χ1v) is 12.0. The van der Waals surface area contributed by atoms with Crippen molar-refractivity contribution in [2.45, 2.75) is 19.9 Å². The maximum absolute atomic E-state index is 13.6. The fraction of sp³-hybridized carbons (Fsp3) is 0.222. The number of rotatable bonds is 8. The van der Waals surface area contributed by atoms with E-state index in [0.717, 1.165) is 11.1 Å². The molecule has 0 bridgehead atoms. The Kier molecular flexibility index (Phi) is 7.31. The molecule has 0 amide bonds. The molecule has 0 saturated heterocycles. The summed E-state index contributed by atoms with van der Waals surface area (Å²) in [4.78, 5) is 31.7. The highest BCUT2D eigenvalue weighted by Gasteiger charge is 2.33.